The summed E-state index contributed by atoms with van der Waals surface area (Å²) in [6, 6.07) is 6.11. The van der Waals surface area contributed by atoms with Crippen LogP contribution < -0.4 is 0 Å². The van der Waals surface area contributed by atoms with Gasteiger partial charge >= 0.3 is 11.9 Å². The quantitative estimate of drug-likeness (QED) is 0.472. The van der Waals surface area contributed by atoms with Crippen LogP contribution in [0.3, 0.4) is 0 Å². The summed E-state index contributed by atoms with van der Waals surface area (Å²) in [5, 5.41) is 9.41. The van der Waals surface area contributed by atoms with Crippen molar-refractivity contribution < 1.29 is 24.2 Å². The molecule has 1 aromatic carbocycles. The predicted octanol–water partition coefficient (Wildman–Crippen LogP) is 1.67. The van der Waals surface area contributed by atoms with Crippen molar-refractivity contribution in [2.75, 3.05) is 13.2 Å². The molecule has 0 aliphatic heterocycles. The number of hydrogen-bond acceptors (Lipinski definition) is 5. The molecule has 0 amide bonds. The zero-order valence-corrected chi connectivity index (χ0v) is 9.80. The third-order valence-corrected chi connectivity index (χ3v) is 2.06. The van der Waals surface area contributed by atoms with E-state index in [-0.39, 0.29) is 24.5 Å². The average molecular weight is 250 g/mol. The number of carbonyl (C=O) groups is 2. The van der Waals surface area contributed by atoms with E-state index in [4.69, 9.17) is 9.47 Å². The van der Waals surface area contributed by atoms with Crippen LogP contribution in [0.2, 0.25) is 0 Å². The number of carbonyl (C=O) groups excluding carboxylic acids is 2. The monoisotopic (exact) mass is 250 g/mol. The van der Waals surface area contributed by atoms with Gasteiger partial charge in [0.15, 0.2) is 0 Å². The van der Waals surface area contributed by atoms with E-state index < -0.39 is 11.9 Å². The van der Waals surface area contributed by atoms with Crippen LogP contribution in [0, 0.1) is 0 Å². The summed E-state index contributed by atoms with van der Waals surface area (Å²) in [6.07, 6.45) is 1.45. The number of esters is 2. The van der Waals surface area contributed by atoms with E-state index in [1.54, 1.807) is 12.1 Å². The normalized spacial score (nSPS) is 9.56. The van der Waals surface area contributed by atoms with Gasteiger partial charge in [0.1, 0.15) is 11.3 Å². The molecule has 0 radical (unpaired) electrons. The SMILES string of the molecule is C=CC(=O)OCCCOC(=O)c1ccccc1O. The first-order valence-corrected chi connectivity index (χ1v) is 5.39. The number of ether oxygens (including phenoxy) is 2. The highest BCUT2D eigenvalue weighted by Crippen LogP contribution is 2.16. The summed E-state index contributed by atoms with van der Waals surface area (Å²) in [5.74, 6) is -1.24. The van der Waals surface area contributed by atoms with Gasteiger partial charge in [0, 0.05) is 12.5 Å². The van der Waals surface area contributed by atoms with Gasteiger partial charge in [-0.1, -0.05) is 18.7 Å². The van der Waals surface area contributed by atoms with Gasteiger partial charge in [0.2, 0.25) is 0 Å². The average Bonchev–Trinajstić information content (AvgIpc) is 2.38. The van der Waals surface area contributed by atoms with Crippen LogP contribution in [0.15, 0.2) is 36.9 Å². The Labute approximate surface area is 105 Å². The molecule has 0 aliphatic rings. The molecule has 0 unspecified atom stereocenters. The van der Waals surface area contributed by atoms with Gasteiger partial charge in [0.05, 0.1) is 13.2 Å². The molecule has 1 N–H and O–H groups in total. The highest BCUT2D eigenvalue weighted by atomic mass is 16.5. The summed E-state index contributed by atoms with van der Waals surface area (Å²) in [4.78, 5) is 22.2. The zero-order chi connectivity index (χ0) is 13.4. The molecule has 0 aromatic heterocycles. The van der Waals surface area contributed by atoms with E-state index in [0.717, 1.165) is 6.08 Å². The van der Waals surface area contributed by atoms with Gasteiger partial charge in [-0.2, -0.15) is 0 Å². The number of para-hydroxylation sites is 1. The van der Waals surface area contributed by atoms with E-state index in [1.807, 2.05) is 0 Å². The number of hydrogen-bond donors (Lipinski definition) is 1. The molecule has 1 rings (SSSR count). The zero-order valence-electron chi connectivity index (χ0n) is 9.80. The molecular formula is C13H14O5. The minimum absolute atomic E-state index is 0.109. The number of phenols is 1. The van der Waals surface area contributed by atoms with Crippen LogP contribution in [-0.2, 0) is 14.3 Å². The van der Waals surface area contributed by atoms with E-state index in [2.05, 4.69) is 6.58 Å². The van der Waals surface area contributed by atoms with Gasteiger partial charge in [0.25, 0.3) is 0 Å². The first kappa shape index (κ1) is 13.8. The maximum atomic E-state index is 11.5. The van der Waals surface area contributed by atoms with Crippen molar-refractivity contribution in [1.29, 1.82) is 0 Å². The van der Waals surface area contributed by atoms with Crippen LogP contribution in [0.25, 0.3) is 0 Å². The molecular weight excluding hydrogens is 236 g/mol. The molecule has 18 heavy (non-hydrogen) atoms. The second-order valence-corrected chi connectivity index (χ2v) is 3.38. The molecule has 0 saturated heterocycles. The minimum atomic E-state index is -0.608. The Bertz CT molecular complexity index is 439. The Morgan fingerprint density at radius 1 is 1.22 bits per heavy atom. The lowest BCUT2D eigenvalue weighted by atomic mass is 10.2. The topological polar surface area (TPSA) is 72.8 Å². The first-order chi connectivity index (χ1) is 8.65. The molecule has 1 aromatic rings. The first-order valence-electron chi connectivity index (χ1n) is 5.39. The smallest absolute Gasteiger partial charge is 0.341 e. The maximum absolute atomic E-state index is 11.5. The molecule has 0 aliphatic carbocycles. The highest BCUT2D eigenvalue weighted by molar-refractivity contribution is 5.92. The molecule has 0 spiro atoms. The van der Waals surface area contributed by atoms with Crippen molar-refractivity contribution in [3.8, 4) is 5.75 Å². The lowest BCUT2D eigenvalue weighted by molar-refractivity contribution is -0.137. The summed E-state index contributed by atoms with van der Waals surface area (Å²) >= 11 is 0. The van der Waals surface area contributed by atoms with Crippen molar-refractivity contribution in [2.24, 2.45) is 0 Å². The summed E-state index contributed by atoms with van der Waals surface area (Å²) in [7, 11) is 0. The highest BCUT2D eigenvalue weighted by Gasteiger charge is 2.11. The van der Waals surface area contributed by atoms with Gasteiger partial charge in [-0.25, -0.2) is 9.59 Å². The number of phenolic OH excluding ortho intramolecular Hbond substituents is 1. The third kappa shape index (κ3) is 4.29. The lowest BCUT2D eigenvalue weighted by Crippen LogP contribution is -2.10. The van der Waals surface area contributed by atoms with Crippen molar-refractivity contribution in [3.63, 3.8) is 0 Å². The molecule has 5 nitrogen and oxygen atoms in total. The summed E-state index contributed by atoms with van der Waals surface area (Å²) in [5.41, 5.74) is 0.112. The Kier molecular flexibility index (Phi) is 5.44. The predicted molar refractivity (Wildman–Crippen MR) is 64.2 cm³/mol. The largest absolute Gasteiger partial charge is 0.507 e. The second kappa shape index (κ2) is 7.11. The van der Waals surface area contributed by atoms with E-state index in [1.165, 1.54) is 12.1 Å². The van der Waals surface area contributed by atoms with Crippen LogP contribution in [0.5, 0.6) is 5.75 Å². The maximum Gasteiger partial charge on any atom is 0.341 e. The van der Waals surface area contributed by atoms with Gasteiger partial charge in [-0.05, 0) is 12.1 Å². The molecule has 0 saturated carbocycles. The van der Waals surface area contributed by atoms with Gasteiger partial charge in [-0.15, -0.1) is 0 Å². The fourth-order valence-corrected chi connectivity index (χ4v) is 1.18. The Hall–Kier alpha value is -2.30. The molecule has 0 bridgehead atoms. The van der Waals surface area contributed by atoms with Crippen LogP contribution in [-0.4, -0.2) is 30.3 Å². The Balaban J connectivity index is 2.28. The summed E-state index contributed by atoms with van der Waals surface area (Å²) < 4.78 is 9.61. The second-order valence-electron chi connectivity index (χ2n) is 3.38. The summed E-state index contributed by atoms with van der Waals surface area (Å²) in [6.45, 7) is 3.51. The van der Waals surface area contributed by atoms with Crippen LogP contribution in [0.1, 0.15) is 16.8 Å². The minimum Gasteiger partial charge on any atom is -0.507 e. The molecule has 0 heterocycles. The fourth-order valence-electron chi connectivity index (χ4n) is 1.18. The van der Waals surface area contributed by atoms with Crippen molar-refractivity contribution in [3.05, 3.63) is 42.5 Å². The third-order valence-electron chi connectivity index (χ3n) is 2.06. The lowest BCUT2D eigenvalue weighted by Gasteiger charge is -2.06. The number of benzene rings is 1. The molecule has 96 valence electrons. The van der Waals surface area contributed by atoms with Gasteiger partial charge < -0.3 is 14.6 Å². The van der Waals surface area contributed by atoms with Crippen molar-refractivity contribution in [1.82, 2.24) is 0 Å². The van der Waals surface area contributed by atoms with E-state index in [0.29, 0.717) is 6.42 Å². The number of aromatic hydroxyl groups is 1. The Morgan fingerprint density at radius 2 is 1.89 bits per heavy atom. The van der Waals surface area contributed by atoms with Crippen LogP contribution in [0.4, 0.5) is 0 Å². The van der Waals surface area contributed by atoms with Gasteiger partial charge in [-0.3, -0.25) is 0 Å². The Morgan fingerprint density at radius 3 is 2.56 bits per heavy atom. The molecule has 5 heteroatoms. The van der Waals surface area contributed by atoms with E-state index in [9.17, 15) is 14.7 Å². The molecule has 0 atom stereocenters. The standard InChI is InChI=1S/C13H14O5/c1-2-12(15)17-8-5-9-18-13(16)10-6-3-4-7-11(10)14/h2-4,6-7,14H,1,5,8-9H2. The molecule has 0 fully saturated rings. The van der Waals surface area contributed by atoms with E-state index >= 15 is 0 Å². The van der Waals surface area contributed by atoms with Crippen molar-refractivity contribution >= 4 is 11.9 Å². The number of rotatable bonds is 6. The van der Waals surface area contributed by atoms with Crippen LogP contribution >= 0.6 is 0 Å². The fraction of sp³-hybridized carbons (Fsp3) is 0.231. The van der Waals surface area contributed by atoms with Crippen molar-refractivity contribution in [2.45, 2.75) is 6.42 Å².